The Morgan fingerprint density at radius 3 is 2.53 bits per heavy atom. The van der Waals surface area contributed by atoms with Crippen LogP contribution in [0.15, 0.2) is 46.0 Å². The maximum Gasteiger partial charge on any atom is 0.250 e. The molecule has 0 aliphatic rings. The Balaban J connectivity index is 2.01. The van der Waals surface area contributed by atoms with Crippen LogP contribution in [-0.2, 0) is 10.0 Å². The summed E-state index contributed by atoms with van der Waals surface area (Å²) < 4.78 is 38.8. The van der Waals surface area contributed by atoms with Crippen molar-refractivity contribution in [3.63, 3.8) is 0 Å². The molecule has 1 aromatic heterocycles. The van der Waals surface area contributed by atoms with Gasteiger partial charge in [0.1, 0.15) is 10.0 Å². The van der Waals surface area contributed by atoms with Gasteiger partial charge in [0.2, 0.25) is 10.0 Å². The number of sulfonamides is 1. The normalized spacial score (nSPS) is 13.4. The number of aliphatic hydroxyl groups is 1. The van der Waals surface area contributed by atoms with Crippen LogP contribution in [0.2, 0.25) is 0 Å². The predicted molar refractivity (Wildman–Crippen MR) is 70.9 cm³/mol. The number of rotatable bonds is 5. The number of hydrogen-bond donors (Lipinski definition) is 2. The van der Waals surface area contributed by atoms with Crippen molar-refractivity contribution in [2.24, 2.45) is 0 Å². The number of thiophene rings is 1. The lowest BCUT2D eigenvalue weighted by Gasteiger charge is -2.11. The second-order valence-electron chi connectivity index (χ2n) is 3.85. The van der Waals surface area contributed by atoms with Crippen molar-refractivity contribution >= 4 is 21.4 Å². The van der Waals surface area contributed by atoms with Crippen molar-refractivity contribution in [1.82, 2.24) is 4.72 Å². The molecule has 0 fully saturated rings. The zero-order valence-corrected chi connectivity index (χ0v) is 11.4. The molecule has 2 aromatic rings. The Hall–Kier alpha value is -1.28. The Morgan fingerprint density at radius 1 is 1.26 bits per heavy atom. The number of hydrogen-bond acceptors (Lipinski definition) is 4. The third kappa shape index (κ3) is 3.60. The third-order valence-electron chi connectivity index (χ3n) is 2.48. The van der Waals surface area contributed by atoms with Crippen molar-refractivity contribution < 1.29 is 17.9 Å². The van der Waals surface area contributed by atoms with Gasteiger partial charge in [0, 0.05) is 6.54 Å². The van der Waals surface area contributed by atoms with E-state index >= 15 is 0 Å². The molecule has 0 amide bonds. The van der Waals surface area contributed by atoms with E-state index in [1.807, 2.05) is 0 Å². The molecule has 0 aliphatic heterocycles. The topological polar surface area (TPSA) is 66.4 Å². The minimum absolute atomic E-state index is 0.161. The lowest BCUT2D eigenvalue weighted by molar-refractivity contribution is 0.182. The number of benzene rings is 1. The maximum atomic E-state index is 12.7. The van der Waals surface area contributed by atoms with Crippen LogP contribution in [0.4, 0.5) is 4.39 Å². The van der Waals surface area contributed by atoms with Crippen molar-refractivity contribution in [3.8, 4) is 0 Å². The molecule has 1 atom stereocenters. The first-order valence-corrected chi connectivity index (χ1v) is 7.82. The Labute approximate surface area is 114 Å². The first-order valence-electron chi connectivity index (χ1n) is 5.46. The molecule has 2 rings (SSSR count). The van der Waals surface area contributed by atoms with E-state index in [9.17, 15) is 17.9 Å². The lowest BCUT2D eigenvalue weighted by atomic mass is 10.1. The minimum atomic E-state index is -3.59. The molecular formula is C12H12FNO3S2. The summed E-state index contributed by atoms with van der Waals surface area (Å²) in [5, 5.41) is 11.5. The SMILES string of the molecule is O=S(=O)(NCC(O)c1ccc(F)cc1)c1cccs1. The number of aliphatic hydroxyl groups excluding tert-OH is 1. The van der Waals surface area contributed by atoms with Gasteiger partial charge in [-0.05, 0) is 29.1 Å². The van der Waals surface area contributed by atoms with Crippen LogP contribution < -0.4 is 4.72 Å². The molecular weight excluding hydrogens is 289 g/mol. The summed E-state index contributed by atoms with van der Waals surface area (Å²) in [7, 11) is -3.59. The van der Waals surface area contributed by atoms with Gasteiger partial charge in [0.15, 0.2) is 0 Å². The number of nitrogens with one attached hydrogen (secondary N) is 1. The van der Waals surface area contributed by atoms with E-state index in [-0.39, 0.29) is 10.8 Å². The first kappa shape index (κ1) is 14.1. The summed E-state index contributed by atoms with van der Waals surface area (Å²) in [5.74, 6) is -0.407. The summed E-state index contributed by atoms with van der Waals surface area (Å²) >= 11 is 1.10. The Morgan fingerprint density at radius 2 is 1.95 bits per heavy atom. The highest BCUT2D eigenvalue weighted by Gasteiger charge is 2.17. The third-order valence-corrected chi connectivity index (χ3v) is 5.30. The fraction of sp³-hybridized carbons (Fsp3) is 0.167. The van der Waals surface area contributed by atoms with Crippen molar-refractivity contribution in [3.05, 3.63) is 53.2 Å². The van der Waals surface area contributed by atoms with Gasteiger partial charge < -0.3 is 5.11 Å². The molecule has 1 aromatic carbocycles. The van der Waals surface area contributed by atoms with E-state index in [1.165, 1.54) is 30.3 Å². The van der Waals surface area contributed by atoms with Crippen LogP contribution in [0.5, 0.6) is 0 Å². The average molecular weight is 301 g/mol. The summed E-state index contributed by atoms with van der Waals surface area (Å²) in [5.41, 5.74) is 0.454. The van der Waals surface area contributed by atoms with Gasteiger partial charge in [-0.2, -0.15) is 0 Å². The van der Waals surface area contributed by atoms with Gasteiger partial charge >= 0.3 is 0 Å². The highest BCUT2D eigenvalue weighted by atomic mass is 32.2. The van der Waals surface area contributed by atoms with E-state index in [4.69, 9.17) is 0 Å². The van der Waals surface area contributed by atoms with Gasteiger partial charge in [-0.15, -0.1) is 11.3 Å². The van der Waals surface area contributed by atoms with Gasteiger partial charge in [0.05, 0.1) is 6.10 Å². The zero-order valence-electron chi connectivity index (χ0n) is 9.78. The molecule has 19 heavy (non-hydrogen) atoms. The van der Waals surface area contributed by atoms with Crippen molar-refractivity contribution in [1.29, 1.82) is 0 Å². The average Bonchev–Trinajstić information content (AvgIpc) is 2.91. The van der Waals surface area contributed by atoms with Crippen LogP contribution in [0.25, 0.3) is 0 Å². The molecule has 7 heteroatoms. The summed E-state index contributed by atoms with van der Waals surface area (Å²) in [6.07, 6.45) is -1.02. The molecule has 4 nitrogen and oxygen atoms in total. The standard InChI is InChI=1S/C12H12FNO3S2/c13-10-5-3-9(4-6-10)11(15)8-14-19(16,17)12-2-1-7-18-12/h1-7,11,14-15H,8H2. The Kier molecular flexibility index (Phi) is 4.31. The highest BCUT2D eigenvalue weighted by molar-refractivity contribution is 7.91. The van der Waals surface area contributed by atoms with Gasteiger partial charge in [0.25, 0.3) is 0 Å². The van der Waals surface area contributed by atoms with Crippen LogP contribution in [-0.4, -0.2) is 20.1 Å². The molecule has 1 unspecified atom stereocenters. The van der Waals surface area contributed by atoms with Gasteiger partial charge in [-0.25, -0.2) is 17.5 Å². The van der Waals surface area contributed by atoms with E-state index in [1.54, 1.807) is 11.4 Å². The second-order valence-corrected chi connectivity index (χ2v) is 6.79. The van der Waals surface area contributed by atoms with Crippen LogP contribution in [0.1, 0.15) is 11.7 Å². The Bertz CT molecular complexity index is 624. The fourth-order valence-corrected chi connectivity index (χ4v) is 3.55. The van der Waals surface area contributed by atoms with E-state index < -0.39 is 21.9 Å². The molecule has 1 heterocycles. The first-order chi connectivity index (χ1) is 8.99. The van der Waals surface area contributed by atoms with Gasteiger partial charge in [-0.1, -0.05) is 18.2 Å². The summed E-state index contributed by atoms with van der Waals surface area (Å²) in [4.78, 5) is 0. The maximum absolute atomic E-state index is 12.7. The molecule has 102 valence electrons. The highest BCUT2D eigenvalue weighted by Crippen LogP contribution is 2.17. The van der Waals surface area contributed by atoms with Crippen molar-refractivity contribution in [2.45, 2.75) is 10.3 Å². The number of halogens is 1. The lowest BCUT2D eigenvalue weighted by Crippen LogP contribution is -2.28. The predicted octanol–water partition coefficient (Wildman–Crippen LogP) is 1.90. The summed E-state index contributed by atoms with van der Waals surface area (Å²) in [6, 6.07) is 8.38. The molecule has 0 radical (unpaired) electrons. The largest absolute Gasteiger partial charge is 0.387 e. The smallest absolute Gasteiger partial charge is 0.250 e. The molecule has 0 aliphatic carbocycles. The molecule has 0 spiro atoms. The zero-order chi connectivity index (χ0) is 13.9. The van der Waals surface area contributed by atoms with Crippen LogP contribution >= 0.6 is 11.3 Å². The molecule has 0 saturated heterocycles. The van der Waals surface area contributed by atoms with E-state index in [2.05, 4.69) is 4.72 Å². The molecule has 2 N–H and O–H groups in total. The van der Waals surface area contributed by atoms with Crippen molar-refractivity contribution in [2.75, 3.05) is 6.54 Å². The summed E-state index contributed by atoms with van der Waals surface area (Å²) in [6.45, 7) is -0.161. The molecule has 0 bridgehead atoms. The van der Waals surface area contributed by atoms with Crippen LogP contribution in [0, 0.1) is 5.82 Å². The van der Waals surface area contributed by atoms with Crippen LogP contribution in [0.3, 0.4) is 0 Å². The fourth-order valence-electron chi connectivity index (χ4n) is 1.48. The van der Waals surface area contributed by atoms with Gasteiger partial charge in [-0.3, -0.25) is 0 Å². The second kappa shape index (κ2) is 5.79. The van der Waals surface area contributed by atoms with E-state index in [0.717, 1.165) is 11.3 Å². The quantitative estimate of drug-likeness (QED) is 0.886. The minimum Gasteiger partial charge on any atom is -0.387 e. The molecule has 0 saturated carbocycles. The monoisotopic (exact) mass is 301 g/mol. The van der Waals surface area contributed by atoms with E-state index in [0.29, 0.717) is 5.56 Å².